The van der Waals surface area contributed by atoms with Gasteiger partial charge in [0.05, 0.1) is 6.42 Å². The molecule has 0 atom stereocenters. The molecular formula is C24H25NO5. The fraction of sp³-hybridized carbons (Fsp3) is 0.208. The van der Waals surface area contributed by atoms with Crippen molar-refractivity contribution < 1.29 is 24.2 Å². The minimum absolute atomic E-state index is 0.146. The zero-order chi connectivity index (χ0) is 22.1. The van der Waals surface area contributed by atoms with E-state index in [1.54, 1.807) is 69.3 Å². The Labute approximate surface area is 175 Å². The van der Waals surface area contributed by atoms with Gasteiger partial charge in [0.15, 0.2) is 11.6 Å². The zero-order valence-corrected chi connectivity index (χ0v) is 17.2. The first-order valence-electron chi connectivity index (χ1n) is 9.42. The number of aromatic hydroxyl groups is 1. The molecule has 0 saturated heterocycles. The van der Waals surface area contributed by atoms with Crippen molar-refractivity contribution >= 4 is 35.5 Å². The molecule has 0 aliphatic carbocycles. The number of hydrogen-bond acceptors (Lipinski definition) is 5. The molecule has 0 fully saturated rings. The van der Waals surface area contributed by atoms with Gasteiger partial charge in [0, 0.05) is 5.69 Å². The average Bonchev–Trinajstić information content (AvgIpc) is 2.65. The van der Waals surface area contributed by atoms with Crippen LogP contribution in [0, 0.1) is 0 Å². The van der Waals surface area contributed by atoms with Crippen molar-refractivity contribution in [2.45, 2.75) is 32.8 Å². The zero-order valence-electron chi connectivity index (χ0n) is 17.2. The second-order valence-corrected chi connectivity index (χ2v) is 7.62. The number of anilines is 1. The Morgan fingerprint density at radius 1 is 0.867 bits per heavy atom. The molecule has 0 bridgehead atoms. The Balaban J connectivity index is 1.84. The first kappa shape index (κ1) is 22.6. The summed E-state index contributed by atoms with van der Waals surface area (Å²) in [5.74, 6) is -0.478. The van der Waals surface area contributed by atoms with Crippen molar-refractivity contribution in [2.75, 3.05) is 5.32 Å². The van der Waals surface area contributed by atoms with E-state index < -0.39 is 11.7 Å². The summed E-state index contributed by atoms with van der Waals surface area (Å²) in [7, 11) is 0. The van der Waals surface area contributed by atoms with Gasteiger partial charge in [0.25, 0.3) is 0 Å². The first-order chi connectivity index (χ1) is 14.1. The number of benzene rings is 2. The van der Waals surface area contributed by atoms with Crippen LogP contribution in [0.3, 0.4) is 0 Å². The van der Waals surface area contributed by atoms with Crippen LogP contribution in [-0.4, -0.2) is 28.4 Å². The third-order valence-corrected chi connectivity index (χ3v) is 3.72. The van der Waals surface area contributed by atoms with Gasteiger partial charge >= 0.3 is 6.09 Å². The predicted octanol–water partition coefficient (Wildman–Crippen LogP) is 4.99. The Hall–Kier alpha value is -3.67. The lowest BCUT2D eigenvalue weighted by Crippen LogP contribution is -2.27. The molecular weight excluding hydrogens is 382 g/mol. The summed E-state index contributed by atoms with van der Waals surface area (Å²) >= 11 is 0. The van der Waals surface area contributed by atoms with E-state index >= 15 is 0 Å². The Morgan fingerprint density at radius 2 is 1.33 bits per heavy atom. The van der Waals surface area contributed by atoms with Crippen LogP contribution >= 0.6 is 0 Å². The van der Waals surface area contributed by atoms with Crippen molar-refractivity contribution in [3.63, 3.8) is 0 Å². The van der Waals surface area contributed by atoms with Crippen LogP contribution in [0.5, 0.6) is 5.75 Å². The molecule has 0 heterocycles. The number of ether oxygens (including phenoxy) is 1. The van der Waals surface area contributed by atoms with Crippen molar-refractivity contribution in [3.8, 4) is 5.75 Å². The van der Waals surface area contributed by atoms with Crippen molar-refractivity contribution in [1.29, 1.82) is 0 Å². The lowest BCUT2D eigenvalue weighted by Gasteiger charge is -2.19. The van der Waals surface area contributed by atoms with Crippen LogP contribution in [0.15, 0.2) is 60.7 Å². The van der Waals surface area contributed by atoms with E-state index in [-0.39, 0.29) is 23.7 Å². The number of allylic oxidation sites excluding steroid dienone is 2. The topological polar surface area (TPSA) is 92.7 Å². The number of carbonyl (C=O) groups is 3. The predicted molar refractivity (Wildman–Crippen MR) is 117 cm³/mol. The summed E-state index contributed by atoms with van der Waals surface area (Å²) in [5, 5.41) is 11.9. The van der Waals surface area contributed by atoms with Crippen molar-refractivity contribution in [2.24, 2.45) is 0 Å². The van der Waals surface area contributed by atoms with Gasteiger partial charge in [0.1, 0.15) is 11.4 Å². The van der Waals surface area contributed by atoms with Gasteiger partial charge in [-0.05, 0) is 68.3 Å². The highest BCUT2D eigenvalue weighted by molar-refractivity contribution is 6.10. The number of rotatable bonds is 7. The lowest BCUT2D eigenvalue weighted by atomic mass is 10.1. The SMILES string of the molecule is CC(C)(C)OC(=O)Nc1ccc(C=CC(=O)CC(=O)C=Cc2ccc(O)cc2)cc1. The second kappa shape index (κ2) is 10.2. The molecule has 6 heteroatoms. The molecule has 2 N–H and O–H groups in total. The van der Waals surface area contributed by atoms with Gasteiger partial charge in [-0.3, -0.25) is 14.9 Å². The maximum absolute atomic E-state index is 12.0. The Morgan fingerprint density at radius 3 is 1.80 bits per heavy atom. The fourth-order valence-corrected chi connectivity index (χ4v) is 2.35. The summed E-state index contributed by atoms with van der Waals surface area (Å²) in [6.45, 7) is 5.35. The van der Waals surface area contributed by atoms with E-state index in [2.05, 4.69) is 5.32 Å². The van der Waals surface area contributed by atoms with Gasteiger partial charge in [-0.1, -0.05) is 36.4 Å². The summed E-state index contributed by atoms with van der Waals surface area (Å²) in [5.41, 5.74) is 1.50. The lowest BCUT2D eigenvalue weighted by molar-refractivity contribution is -0.121. The largest absolute Gasteiger partial charge is 0.508 e. The number of phenolic OH excluding ortho intramolecular Hbond substituents is 1. The van der Waals surface area contributed by atoms with Crippen LogP contribution in [0.1, 0.15) is 38.3 Å². The minimum atomic E-state index is -0.580. The molecule has 0 aromatic heterocycles. The molecule has 0 radical (unpaired) electrons. The minimum Gasteiger partial charge on any atom is -0.508 e. The number of ketones is 2. The number of nitrogens with one attached hydrogen (secondary N) is 1. The number of hydrogen-bond donors (Lipinski definition) is 2. The van der Waals surface area contributed by atoms with Crippen molar-refractivity contribution in [3.05, 3.63) is 71.8 Å². The Kier molecular flexibility index (Phi) is 7.69. The molecule has 156 valence electrons. The first-order valence-corrected chi connectivity index (χ1v) is 9.42. The van der Waals surface area contributed by atoms with E-state index in [4.69, 9.17) is 4.74 Å². The molecule has 1 amide bonds. The second-order valence-electron chi connectivity index (χ2n) is 7.62. The summed E-state index contributed by atoms with van der Waals surface area (Å²) in [6.07, 6.45) is 5.12. The summed E-state index contributed by atoms with van der Waals surface area (Å²) in [4.78, 5) is 35.6. The van der Waals surface area contributed by atoms with Crippen LogP contribution in [0.25, 0.3) is 12.2 Å². The van der Waals surface area contributed by atoms with Crippen LogP contribution in [0.2, 0.25) is 0 Å². The highest BCUT2D eigenvalue weighted by Crippen LogP contribution is 2.14. The normalized spacial score (nSPS) is 11.6. The number of carbonyl (C=O) groups excluding carboxylic acids is 3. The maximum atomic E-state index is 12.0. The third kappa shape index (κ3) is 8.56. The molecule has 6 nitrogen and oxygen atoms in total. The maximum Gasteiger partial charge on any atom is 0.412 e. The molecule has 0 aliphatic heterocycles. The molecule has 2 aromatic rings. The van der Waals surface area contributed by atoms with Crippen LogP contribution in [-0.2, 0) is 14.3 Å². The standard InChI is InChI=1S/C24H25NO5/c1-24(2,3)30-23(29)25-19-10-4-17(5-11-19)8-14-21(27)16-22(28)15-9-18-6-12-20(26)13-7-18/h4-15,26H,16H2,1-3H3,(H,25,29). The average molecular weight is 407 g/mol. The highest BCUT2D eigenvalue weighted by Gasteiger charge is 2.16. The van der Waals surface area contributed by atoms with Crippen molar-refractivity contribution in [1.82, 2.24) is 0 Å². The van der Waals surface area contributed by atoms with E-state index in [9.17, 15) is 19.5 Å². The van der Waals surface area contributed by atoms with E-state index in [0.717, 1.165) is 11.1 Å². The molecule has 30 heavy (non-hydrogen) atoms. The molecule has 0 saturated carbocycles. The number of amides is 1. The molecule has 2 aromatic carbocycles. The van der Waals surface area contributed by atoms with Gasteiger partial charge in [-0.2, -0.15) is 0 Å². The monoisotopic (exact) mass is 407 g/mol. The van der Waals surface area contributed by atoms with E-state index in [0.29, 0.717) is 5.69 Å². The Bertz CT molecular complexity index is 949. The fourth-order valence-electron chi connectivity index (χ4n) is 2.35. The molecule has 0 spiro atoms. The van der Waals surface area contributed by atoms with Gasteiger partial charge < -0.3 is 9.84 Å². The van der Waals surface area contributed by atoms with Gasteiger partial charge in [-0.15, -0.1) is 0 Å². The van der Waals surface area contributed by atoms with Gasteiger partial charge in [0.2, 0.25) is 0 Å². The molecule has 2 rings (SSSR count). The van der Waals surface area contributed by atoms with Crippen LogP contribution < -0.4 is 5.32 Å². The van der Waals surface area contributed by atoms with Crippen LogP contribution in [0.4, 0.5) is 10.5 Å². The van der Waals surface area contributed by atoms with Gasteiger partial charge in [-0.25, -0.2) is 4.79 Å². The summed E-state index contributed by atoms with van der Waals surface area (Å²) in [6, 6.07) is 13.2. The summed E-state index contributed by atoms with van der Waals surface area (Å²) < 4.78 is 5.18. The number of phenols is 1. The quantitative estimate of drug-likeness (QED) is 0.498. The highest BCUT2D eigenvalue weighted by atomic mass is 16.6. The third-order valence-electron chi connectivity index (χ3n) is 3.72. The molecule has 0 unspecified atom stereocenters. The smallest absolute Gasteiger partial charge is 0.412 e. The van der Waals surface area contributed by atoms with E-state index in [1.165, 1.54) is 24.3 Å². The molecule has 0 aliphatic rings. The van der Waals surface area contributed by atoms with E-state index in [1.807, 2.05) is 0 Å².